The number of benzene rings is 2. The van der Waals surface area contributed by atoms with Crippen LogP contribution in [0.1, 0.15) is 35.6 Å². The van der Waals surface area contributed by atoms with Gasteiger partial charge in [-0.1, -0.05) is 36.4 Å². The van der Waals surface area contributed by atoms with E-state index in [4.69, 9.17) is 4.74 Å². The van der Waals surface area contributed by atoms with Gasteiger partial charge in [0.2, 0.25) is 0 Å². The molecule has 4 rings (SSSR count). The zero-order valence-electron chi connectivity index (χ0n) is 11.5. The molecule has 1 heterocycles. The molecule has 2 nitrogen and oxygen atoms in total. The van der Waals surface area contributed by atoms with Gasteiger partial charge in [0.1, 0.15) is 5.75 Å². The fourth-order valence-electron chi connectivity index (χ4n) is 2.95. The Morgan fingerprint density at radius 1 is 1.00 bits per heavy atom. The minimum absolute atomic E-state index is 0.294. The molecule has 102 valence electrons. The van der Waals surface area contributed by atoms with E-state index in [1.54, 1.807) is 0 Å². The van der Waals surface area contributed by atoms with Gasteiger partial charge < -0.3 is 10.1 Å². The third kappa shape index (κ3) is 2.32. The lowest BCUT2D eigenvalue weighted by Gasteiger charge is -2.27. The zero-order valence-corrected chi connectivity index (χ0v) is 11.5. The molecule has 2 aromatic carbocycles. The monoisotopic (exact) mass is 265 g/mol. The summed E-state index contributed by atoms with van der Waals surface area (Å²) in [5.74, 6) is 1.01. The van der Waals surface area contributed by atoms with E-state index in [0.29, 0.717) is 12.1 Å². The molecule has 1 atom stereocenters. The standard InChI is InChI=1S/C18H19NO/c1-2-7-17-13(4-1)10-11-19-18(17)14-5-3-6-16(12-14)20-15-8-9-15/h1-7,12,15,18-19H,8-11H2. The Kier molecular flexibility index (Phi) is 2.96. The summed E-state index contributed by atoms with van der Waals surface area (Å²) in [7, 11) is 0. The predicted molar refractivity (Wildman–Crippen MR) is 80.1 cm³/mol. The molecule has 2 aromatic rings. The van der Waals surface area contributed by atoms with Gasteiger partial charge in [0.25, 0.3) is 0 Å². The molecule has 2 aliphatic rings. The second kappa shape index (κ2) is 4.95. The summed E-state index contributed by atoms with van der Waals surface area (Å²) < 4.78 is 5.92. The Hall–Kier alpha value is -1.80. The van der Waals surface area contributed by atoms with E-state index in [1.165, 1.54) is 29.5 Å². The molecule has 1 aliphatic carbocycles. The van der Waals surface area contributed by atoms with Crippen molar-refractivity contribution in [2.45, 2.75) is 31.4 Å². The highest BCUT2D eigenvalue weighted by molar-refractivity contribution is 5.41. The van der Waals surface area contributed by atoms with Gasteiger partial charge in [-0.25, -0.2) is 0 Å². The van der Waals surface area contributed by atoms with Crippen LogP contribution < -0.4 is 10.1 Å². The molecule has 0 amide bonds. The van der Waals surface area contributed by atoms with E-state index in [0.717, 1.165) is 18.7 Å². The summed E-state index contributed by atoms with van der Waals surface area (Å²) in [6.07, 6.45) is 3.98. The summed E-state index contributed by atoms with van der Waals surface area (Å²) in [5, 5.41) is 3.63. The summed E-state index contributed by atoms with van der Waals surface area (Å²) in [6.45, 7) is 1.04. The number of hydrogen-bond donors (Lipinski definition) is 1. The topological polar surface area (TPSA) is 21.3 Å². The number of nitrogens with one attached hydrogen (secondary N) is 1. The zero-order chi connectivity index (χ0) is 13.4. The number of fused-ring (bicyclic) bond motifs is 1. The molecular formula is C18H19NO. The fourth-order valence-corrected chi connectivity index (χ4v) is 2.95. The minimum Gasteiger partial charge on any atom is -0.490 e. The van der Waals surface area contributed by atoms with Gasteiger partial charge in [0.05, 0.1) is 12.1 Å². The molecule has 0 spiro atoms. The average Bonchev–Trinajstić information content (AvgIpc) is 3.31. The SMILES string of the molecule is c1cc(OC2CC2)cc(C2NCCc3ccccc32)c1. The van der Waals surface area contributed by atoms with Crippen molar-refractivity contribution < 1.29 is 4.74 Å². The highest BCUT2D eigenvalue weighted by Gasteiger charge is 2.25. The quantitative estimate of drug-likeness (QED) is 0.917. The van der Waals surface area contributed by atoms with Crippen molar-refractivity contribution in [2.75, 3.05) is 6.54 Å². The lowest BCUT2D eigenvalue weighted by Crippen LogP contribution is -2.30. The molecule has 0 radical (unpaired) electrons. The molecule has 1 N–H and O–H groups in total. The maximum Gasteiger partial charge on any atom is 0.120 e. The van der Waals surface area contributed by atoms with Gasteiger partial charge >= 0.3 is 0 Å². The van der Waals surface area contributed by atoms with Crippen molar-refractivity contribution in [3.05, 3.63) is 65.2 Å². The largest absolute Gasteiger partial charge is 0.490 e. The molecule has 0 bridgehead atoms. The van der Waals surface area contributed by atoms with E-state index in [-0.39, 0.29) is 0 Å². The van der Waals surface area contributed by atoms with Crippen LogP contribution >= 0.6 is 0 Å². The summed E-state index contributed by atoms with van der Waals surface area (Å²) in [5.41, 5.74) is 4.17. The van der Waals surface area contributed by atoms with E-state index < -0.39 is 0 Å². The van der Waals surface area contributed by atoms with Gasteiger partial charge in [0.15, 0.2) is 0 Å². The molecule has 0 saturated heterocycles. The Morgan fingerprint density at radius 3 is 2.80 bits per heavy atom. The lowest BCUT2D eigenvalue weighted by atomic mass is 9.90. The number of rotatable bonds is 3. The fraction of sp³-hybridized carbons (Fsp3) is 0.333. The van der Waals surface area contributed by atoms with Crippen LogP contribution in [0.5, 0.6) is 5.75 Å². The van der Waals surface area contributed by atoms with Gasteiger partial charge in [0, 0.05) is 6.54 Å². The molecular weight excluding hydrogens is 246 g/mol. The van der Waals surface area contributed by atoms with Crippen LogP contribution in [0.2, 0.25) is 0 Å². The molecule has 20 heavy (non-hydrogen) atoms. The first-order valence-corrected chi connectivity index (χ1v) is 7.48. The van der Waals surface area contributed by atoms with Crippen molar-refractivity contribution in [2.24, 2.45) is 0 Å². The summed E-state index contributed by atoms with van der Waals surface area (Å²) in [4.78, 5) is 0. The maximum absolute atomic E-state index is 5.92. The van der Waals surface area contributed by atoms with E-state index in [2.05, 4.69) is 53.8 Å². The van der Waals surface area contributed by atoms with E-state index in [9.17, 15) is 0 Å². The van der Waals surface area contributed by atoms with Crippen LogP contribution in [0.15, 0.2) is 48.5 Å². The van der Waals surface area contributed by atoms with Crippen LogP contribution in [0, 0.1) is 0 Å². The van der Waals surface area contributed by atoms with Crippen LogP contribution in [-0.4, -0.2) is 12.6 Å². The van der Waals surface area contributed by atoms with Crippen LogP contribution in [0.3, 0.4) is 0 Å². The van der Waals surface area contributed by atoms with Gasteiger partial charge in [-0.15, -0.1) is 0 Å². The Balaban J connectivity index is 1.67. The Bertz CT molecular complexity index is 618. The minimum atomic E-state index is 0.294. The molecule has 1 fully saturated rings. The molecule has 2 heteroatoms. The van der Waals surface area contributed by atoms with Crippen molar-refractivity contribution in [1.29, 1.82) is 0 Å². The first kappa shape index (κ1) is 12.0. The third-order valence-electron chi connectivity index (χ3n) is 4.13. The van der Waals surface area contributed by atoms with Gasteiger partial charge in [-0.2, -0.15) is 0 Å². The second-order valence-electron chi connectivity index (χ2n) is 5.73. The summed E-state index contributed by atoms with van der Waals surface area (Å²) in [6, 6.07) is 17.6. The van der Waals surface area contributed by atoms with Crippen molar-refractivity contribution in [3.63, 3.8) is 0 Å². The first-order valence-electron chi connectivity index (χ1n) is 7.48. The van der Waals surface area contributed by atoms with Crippen LogP contribution in [0.4, 0.5) is 0 Å². The highest BCUT2D eigenvalue weighted by atomic mass is 16.5. The Morgan fingerprint density at radius 2 is 1.90 bits per heavy atom. The highest BCUT2D eigenvalue weighted by Crippen LogP contribution is 2.32. The van der Waals surface area contributed by atoms with Crippen LogP contribution in [0.25, 0.3) is 0 Å². The first-order chi connectivity index (χ1) is 9.90. The average molecular weight is 265 g/mol. The molecule has 1 aliphatic heterocycles. The van der Waals surface area contributed by atoms with Crippen LogP contribution in [-0.2, 0) is 6.42 Å². The van der Waals surface area contributed by atoms with Crippen molar-refractivity contribution in [3.8, 4) is 5.75 Å². The van der Waals surface area contributed by atoms with E-state index >= 15 is 0 Å². The lowest BCUT2D eigenvalue weighted by molar-refractivity contribution is 0.302. The Labute approximate surface area is 119 Å². The van der Waals surface area contributed by atoms with Crippen molar-refractivity contribution in [1.82, 2.24) is 5.32 Å². The number of hydrogen-bond acceptors (Lipinski definition) is 2. The smallest absolute Gasteiger partial charge is 0.120 e. The van der Waals surface area contributed by atoms with Crippen molar-refractivity contribution >= 4 is 0 Å². The molecule has 1 unspecified atom stereocenters. The summed E-state index contributed by atoms with van der Waals surface area (Å²) >= 11 is 0. The second-order valence-corrected chi connectivity index (χ2v) is 5.73. The third-order valence-corrected chi connectivity index (χ3v) is 4.13. The molecule has 0 aromatic heterocycles. The normalized spacial score (nSPS) is 21.3. The van der Waals surface area contributed by atoms with Gasteiger partial charge in [-0.3, -0.25) is 0 Å². The maximum atomic E-state index is 5.92. The predicted octanol–water partition coefficient (Wildman–Crippen LogP) is 3.46. The molecule has 1 saturated carbocycles. The van der Waals surface area contributed by atoms with Gasteiger partial charge in [-0.05, 0) is 48.1 Å². The van der Waals surface area contributed by atoms with E-state index in [1.807, 2.05) is 0 Å². The number of ether oxygens (including phenoxy) is 1.